The third-order valence-corrected chi connectivity index (χ3v) is 6.64. The smallest absolute Gasteiger partial charge is 0.418 e. The number of aromatic amines is 1. The molecule has 0 aliphatic carbocycles. The van der Waals surface area contributed by atoms with E-state index in [0.717, 1.165) is 31.7 Å². The van der Waals surface area contributed by atoms with Gasteiger partial charge in [-0.3, -0.25) is 9.59 Å². The highest BCUT2D eigenvalue weighted by atomic mass is 19.4. The van der Waals surface area contributed by atoms with Crippen molar-refractivity contribution in [2.75, 3.05) is 17.3 Å². The maximum Gasteiger partial charge on any atom is 0.418 e. The van der Waals surface area contributed by atoms with Gasteiger partial charge < -0.3 is 19.9 Å². The average molecular weight is 457 g/mol. The quantitative estimate of drug-likeness (QED) is 0.582. The standard InChI is InChI=1S/C24H22F3N3O3/c1-33-16-7-9-20-17(11-16)22(31)18(12-28-20)23(32)29-21-8-6-15(10-19(21)24(25,26)27)30-13-2-3-14(30)5-4-13/h6-14H,2-5H2,1H3,(H,28,31)(H,29,32). The number of rotatable bonds is 4. The molecule has 0 atom stereocenters. The van der Waals surface area contributed by atoms with E-state index in [2.05, 4.69) is 15.2 Å². The first-order valence-corrected chi connectivity index (χ1v) is 10.8. The topological polar surface area (TPSA) is 74.4 Å². The Kier molecular flexibility index (Phi) is 5.07. The summed E-state index contributed by atoms with van der Waals surface area (Å²) in [5.74, 6) is -0.489. The van der Waals surface area contributed by atoms with E-state index >= 15 is 0 Å². The Hall–Kier alpha value is -3.49. The molecule has 2 aliphatic rings. The number of aromatic nitrogens is 1. The predicted molar refractivity (Wildman–Crippen MR) is 119 cm³/mol. The fraction of sp³-hybridized carbons (Fsp3) is 0.333. The van der Waals surface area contributed by atoms with Crippen LogP contribution in [0.15, 0.2) is 47.4 Å². The highest BCUT2D eigenvalue weighted by Crippen LogP contribution is 2.44. The van der Waals surface area contributed by atoms with Gasteiger partial charge in [0.05, 0.1) is 18.4 Å². The van der Waals surface area contributed by atoms with Crippen molar-refractivity contribution < 1.29 is 22.7 Å². The Bertz CT molecular complexity index is 1280. The Labute approximate surface area is 187 Å². The van der Waals surface area contributed by atoms with Crippen LogP contribution in [0, 0.1) is 0 Å². The molecule has 1 amide bonds. The summed E-state index contributed by atoms with van der Waals surface area (Å²) in [7, 11) is 1.45. The van der Waals surface area contributed by atoms with Gasteiger partial charge in [0.2, 0.25) is 5.43 Å². The molecule has 3 aromatic rings. The third-order valence-electron chi connectivity index (χ3n) is 6.64. The van der Waals surface area contributed by atoms with Crippen LogP contribution in [-0.2, 0) is 6.18 Å². The predicted octanol–water partition coefficient (Wildman–Crippen LogP) is 4.94. The maximum atomic E-state index is 13.9. The summed E-state index contributed by atoms with van der Waals surface area (Å²) in [5.41, 5.74) is -1.20. The number of anilines is 2. The number of nitrogens with zero attached hydrogens (tertiary/aromatic N) is 1. The first-order chi connectivity index (χ1) is 15.8. The summed E-state index contributed by atoms with van der Waals surface area (Å²) >= 11 is 0. The molecule has 6 nitrogen and oxygen atoms in total. The summed E-state index contributed by atoms with van der Waals surface area (Å²) in [5, 5.41) is 2.50. The average Bonchev–Trinajstić information content (AvgIpc) is 3.39. The number of carbonyl (C=O) groups excluding carboxylic acids is 1. The molecule has 2 fully saturated rings. The van der Waals surface area contributed by atoms with E-state index in [0.29, 0.717) is 17.0 Å². The Morgan fingerprint density at radius 2 is 1.79 bits per heavy atom. The molecule has 1 aromatic heterocycles. The van der Waals surface area contributed by atoms with E-state index < -0.39 is 23.1 Å². The van der Waals surface area contributed by atoms with E-state index in [1.54, 1.807) is 18.2 Å². The summed E-state index contributed by atoms with van der Waals surface area (Å²) < 4.78 is 46.8. The molecule has 33 heavy (non-hydrogen) atoms. The number of methoxy groups -OCH3 is 1. The number of pyridine rings is 1. The number of H-pyrrole nitrogens is 1. The monoisotopic (exact) mass is 457 g/mol. The van der Waals surface area contributed by atoms with E-state index in [1.165, 1.54) is 25.4 Å². The zero-order valence-corrected chi connectivity index (χ0v) is 17.8. The number of ether oxygens (including phenoxy) is 1. The lowest BCUT2D eigenvalue weighted by Crippen LogP contribution is -2.28. The minimum atomic E-state index is -4.67. The van der Waals surface area contributed by atoms with Crippen molar-refractivity contribution in [1.82, 2.24) is 4.98 Å². The zero-order chi connectivity index (χ0) is 23.3. The molecule has 3 heterocycles. The minimum Gasteiger partial charge on any atom is -0.497 e. The number of nitrogens with one attached hydrogen (secondary N) is 2. The fourth-order valence-electron chi connectivity index (χ4n) is 5.05. The van der Waals surface area contributed by atoms with Crippen molar-refractivity contribution >= 4 is 28.2 Å². The van der Waals surface area contributed by atoms with Crippen molar-refractivity contribution in [3.8, 4) is 5.75 Å². The Morgan fingerprint density at radius 1 is 1.09 bits per heavy atom. The lowest BCUT2D eigenvalue weighted by atomic mass is 10.0. The summed E-state index contributed by atoms with van der Waals surface area (Å²) in [6, 6.07) is 9.27. The Balaban J connectivity index is 1.49. The summed E-state index contributed by atoms with van der Waals surface area (Å²) in [4.78, 5) is 30.6. The highest BCUT2D eigenvalue weighted by Gasteiger charge is 2.41. The molecule has 0 radical (unpaired) electrons. The molecule has 2 saturated heterocycles. The molecule has 172 valence electrons. The van der Waals surface area contributed by atoms with E-state index in [1.807, 2.05) is 0 Å². The normalized spacial score (nSPS) is 19.8. The second-order valence-corrected chi connectivity index (χ2v) is 8.49. The lowest BCUT2D eigenvalue weighted by Gasteiger charge is -2.26. The van der Waals surface area contributed by atoms with Gasteiger partial charge in [0.15, 0.2) is 0 Å². The molecule has 0 spiro atoms. The highest BCUT2D eigenvalue weighted by molar-refractivity contribution is 6.06. The molecule has 2 aromatic carbocycles. The molecule has 0 unspecified atom stereocenters. The number of benzene rings is 2. The number of hydrogen-bond acceptors (Lipinski definition) is 4. The Morgan fingerprint density at radius 3 is 2.42 bits per heavy atom. The fourth-order valence-corrected chi connectivity index (χ4v) is 5.05. The number of amides is 1. The van der Waals surface area contributed by atoms with Gasteiger partial charge in [0, 0.05) is 34.9 Å². The molecule has 9 heteroatoms. The SMILES string of the molecule is COc1ccc2[nH]cc(C(=O)Nc3ccc(N4C5CCC4CC5)cc3C(F)(F)F)c(=O)c2c1. The number of carbonyl (C=O) groups is 1. The lowest BCUT2D eigenvalue weighted by molar-refractivity contribution is -0.136. The largest absolute Gasteiger partial charge is 0.497 e. The van der Waals surface area contributed by atoms with E-state index in [9.17, 15) is 22.8 Å². The van der Waals surface area contributed by atoms with Crippen molar-refractivity contribution in [3.05, 3.63) is 63.9 Å². The van der Waals surface area contributed by atoms with Crippen LogP contribution in [0.2, 0.25) is 0 Å². The van der Waals surface area contributed by atoms with Crippen LogP contribution in [-0.4, -0.2) is 30.1 Å². The van der Waals surface area contributed by atoms with Gasteiger partial charge >= 0.3 is 6.18 Å². The van der Waals surface area contributed by atoms with Crippen LogP contribution in [0.25, 0.3) is 10.9 Å². The summed E-state index contributed by atoms with van der Waals surface area (Å²) in [6.45, 7) is 0. The molecule has 2 N–H and O–H groups in total. The maximum absolute atomic E-state index is 13.9. The molecule has 2 aliphatic heterocycles. The van der Waals surface area contributed by atoms with Crippen LogP contribution < -0.4 is 20.4 Å². The zero-order valence-electron chi connectivity index (χ0n) is 17.8. The van der Waals surface area contributed by atoms with Gasteiger partial charge in [-0.1, -0.05) is 0 Å². The van der Waals surface area contributed by atoms with Crippen LogP contribution in [0.3, 0.4) is 0 Å². The molecule has 2 bridgehead atoms. The molecular weight excluding hydrogens is 435 g/mol. The van der Waals surface area contributed by atoms with Gasteiger partial charge in [0.1, 0.15) is 11.3 Å². The van der Waals surface area contributed by atoms with Crippen molar-refractivity contribution in [1.29, 1.82) is 0 Å². The molecular formula is C24H22F3N3O3. The van der Waals surface area contributed by atoms with Gasteiger partial charge in [0.25, 0.3) is 5.91 Å². The third kappa shape index (κ3) is 3.71. The van der Waals surface area contributed by atoms with Gasteiger partial charge in [-0.25, -0.2) is 0 Å². The number of fused-ring (bicyclic) bond motifs is 3. The first-order valence-electron chi connectivity index (χ1n) is 10.8. The number of alkyl halides is 3. The second-order valence-electron chi connectivity index (χ2n) is 8.49. The van der Waals surface area contributed by atoms with Crippen LogP contribution in [0.1, 0.15) is 41.6 Å². The minimum absolute atomic E-state index is 0.206. The van der Waals surface area contributed by atoms with Crippen LogP contribution in [0.5, 0.6) is 5.75 Å². The van der Waals surface area contributed by atoms with Gasteiger partial charge in [-0.2, -0.15) is 13.2 Å². The first kappa shape index (κ1) is 21.4. The van der Waals surface area contributed by atoms with Gasteiger partial charge in [-0.15, -0.1) is 0 Å². The van der Waals surface area contributed by atoms with E-state index in [-0.39, 0.29) is 28.7 Å². The van der Waals surface area contributed by atoms with Crippen LogP contribution in [0.4, 0.5) is 24.5 Å². The van der Waals surface area contributed by atoms with Crippen LogP contribution >= 0.6 is 0 Å². The second kappa shape index (κ2) is 7.83. The summed E-state index contributed by atoms with van der Waals surface area (Å²) in [6.07, 6.45) is 0.483. The molecule has 0 saturated carbocycles. The van der Waals surface area contributed by atoms with E-state index in [4.69, 9.17) is 4.74 Å². The van der Waals surface area contributed by atoms with Gasteiger partial charge in [-0.05, 0) is 62.1 Å². The van der Waals surface area contributed by atoms with Crippen molar-refractivity contribution in [3.63, 3.8) is 0 Å². The number of hydrogen-bond donors (Lipinski definition) is 2. The molecule has 5 rings (SSSR count). The van der Waals surface area contributed by atoms with Crippen molar-refractivity contribution in [2.24, 2.45) is 0 Å². The number of halogens is 3. The van der Waals surface area contributed by atoms with Crippen molar-refractivity contribution in [2.45, 2.75) is 43.9 Å².